The van der Waals surface area contributed by atoms with Gasteiger partial charge in [-0.05, 0) is 35.9 Å². The number of rotatable bonds is 8. The number of anilines is 1. The lowest BCUT2D eigenvalue weighted by molar-refractivity contribution is -0.137. The first-order valence-electron chi connectivity index (χ1n) is 9.02. The van der Waals surface area contributed by atoms with Crippen LogP contribution in [-0.2, 0) is 27.2 Å². The van der Waals surface area contributed by atoms with Crippen molar-refractivity contribution in [2.45, 2.75) is 18.9 Å². The van der Waals surface area contributed by atoms with E-state index in [1.807, 2.05) is 6.07 Å². The van der Waals surface area contributed by atoms with Crippen LogP contribution in [0.25, 0.3) is 0 Å². The summed E-state index contributed by atoms with van der Waals surface area (Å²) in [6.07, 6.45) is -1.68. The molecule has 0 radical (unpaired) electrons. The number of benzene rings is 2. The van der Waals surface area contributed by atoms with Crippen molar-refractivity contribution in [3.05, 3.63) is 59.2 Å². The highest BCUT2D eigenvalue weighted by atomic mass is 16.6. The summed E-state index contributed by atoms with van der Waals surface area (Å²) in [4.78, 5) is 35.6. The van der Waals surface area contributed by atoms with Crippen LogP contribution < -0.4 is 9.64 Å². The Morgan fingerprint density at radius 1 is 1.13 bits per heavy atom. The van der Waals surface area contributed by atoms with Crippen molar-refractivity contribution in [3.63, 3.8) is 0 Å². The molecule has 1 atom stereocenters. The number of nitrogens with zero attached hydrogens (tertiary/aromatic N) is 2. The third-order valence-electron chi connectivity index (χ3n) is 4.43. The lowest BCUT2D eigenvalue weighted by Crippen LogP contribution is -2.26. The number of amides is 1. The van der Waals surface area contributed by atoms with E-state index >= 15 is 0 Å². The van der Waals surface area contributed by atoms with E-state index in [0.717, 1.165) is 0 Å². The van der Waals surface area contributed by atoms with Crippen LogP contribution in [-0.4, -0.2) is 47.5 Å². The van der Waals surface area contributed by atoms with Gasteiger partial charge in [0.25, 0.3) is 0 Å². The number of carbonyl (C=O) groups is 3. The first kappa shape index (κ1) is 20.7. The normalized spacial score (nSPS) is 15.4. The molecule has 1 heterocycles. The number of carbonyl (C=O) groups excluding carboxylic acids is 1. The van der Waals surface area contributed by atoms with Crippen molar-refractivity contribution in [1.29, 1.82) is 5.26 Å². The van der Waals surface area contributed by atoms with E-state index in [-0.39, 0.29) is 26.0 Å². The van der Waals surface area contributed by atoms with Gasteiger partial charge in [0.15, 0.2) is 6.10 Å². The molecule has 2 N–H and O–H groups in total. The zero-order chi connectivity index (χ0) is 21.7. The van der Waals surface area contributed by atoms with Gasteiger partial charge in [-0.2, -0.15) is 5.26 Å². The average Bonchev–Trinajstić information content (AvgIpc) is 3.07. The summed E-state index contributed by atoms with van der Waals surface area (Å²) < 4.78 is 11.0. The van der Waals surface area contributed by atoms with Crippen molar-refractivity contribution in [1.82, 2.24) is 0 Å². The van der Waals surface area contributed by atoms with E-state index in [0.29, 0.717) is 28.1 Å². The second-order valence-corrected chi connectivity index (χ2v) is 6.67. The van der Waals surface area contributed by atoms with Crippen molar-refractivity contribution in [2.75, 3.05) is 18.1 Å². The first-order valence-corrected chi connectivity index (χ1v) is 9.02. The highest BCUT2D eigenvalue weighted by Crippen LogP contribution is 2.25. The van der Waals surface area contributed by atoms with E-state index in [9.17, 15) is 14.4 Å². The van der Waals surface area contributed by atoms with Gasteiger partial charge in [0, 0.05) is 11.3 Å². The standard InChI is InChI=1S/C21H18N2O7/c22-10-13-1-4-16(5-2-13)23-11-17(30-21(23)28)12-29-18-6-3-14(8-19(24)25)7-15(18)9-20(26)27/h1-7,17H,8-9,11-12H2,(H,24,25)(H,26,27). The van der Waals surface area contributed by atoms with Crippen LogP contribution in [0.4, 0.5) is 10.5 Å². The first-order chi connectivity index (χ1) is 14.4. The Bertz CT molecular complexity index is 1010. The number of nitriles is 1. The van der Waals surface area contributed by atoms with Gasteiger partial charge in [-0.15, -0.1) is 0 Å². The summed E-state index contributed by atoms with van der Waals surface area (Å²) in [6, 6.07) is 13.1. The van der Waals surface area contributed by atoms with E-state index in [1.165, 1.54) is 17.0 Å². The van der Waals surface area contributed by atoms with Gasteiger partial charge in [0.05, 0.1) is 31.0 Å². The highest BCUT2D eigenvalue weighted by molar-refractivity contribution is 5.89. The smallest absolute Gasteiger partial charge is 0.414 e. The molecule has 30 heavy (non-hydrogen) atoms. The molecule has 9 nitrogen and oxygen atoms in total. The Kier molecular flexibility index (Phi) is 6.17. The van der Waals surface area contributed by atoms with Crippen LogP contribution in [0.3, 0.4) is 0 Å². The Morgan fingerprint density at radius 3 is 2.47 bits per heavy atom. The largest absolute Gasteiger partial charge is 0.489 e. The summed E-state index contributed by atoms with van der Waals surface area (Å²) in [5, 5.41) is 26.9. The molecule has 0 spiro atoms. The molecule has 3 rings (SSSR count). The van der Waals surface area contributed by atoms with Crippen LogP contribution in [0.15, 0.2) is 42.5 Å². The number of aliphatic carboxylic acids is 2. The van der Waals surface area contributed by atoms with Crippen molar-refractivity contribution >= 4 is 23.7 Å². The minimum absolute atomic E-state index is 0.00339. The monoisotopic (exact) mass is 410 g/mol. The van der Waals surface area contributed by atoms with Gasteiger partial charge in [0.2, 0.25) is 0 Å². The third kappa shape index (κ3) is 5.05. The minimum atomic E-state index is -1.08. The lowest BCUT2D eigenvalue weighted by Gasteiger charge is -2.15. The molecule has 1 unspecified atom stereocenters. The molecule has 1 amide bonds. The van der Waals surface area contributed by atoms with Gasteiger partial charge >= 0.3 is 18.0 Å². The van der Waals surface area contributed by atoms with E-state index in [2.05, 4.69) is 0 Å². The number of hydrogen-bond acceptors (Lipinski definition) is 6. The number of cyclic esters (lactones) is 1. The lowest BCUT2D eigenvalue weighted by atomic mass is 10.0. The number of hydrogen-bond donors (Lipinski definition) is 2. The molecule has 0 aliphatic carbocycles. The molecule has 9 heteroatoms. The Hall–Kier alpha value is -4.06. The molecular weight excluding hydrogens is 392 g/mol. The molecular formula is C21H18N2O7. The zero-order valence-corrected chi connectivity index (χ0v) is 15.8. The van der Waals surface area contributed by atoms with E-state index < -0.39 is 24.1 Å². The van der Waals surface area contributed by atoms with Gasteiger partial charge < -0.3 is 19.7 Å². The molecule has 0 bridgehead atoms. The maximum absolute atomic E-state index is 12.2. The average molecular weight is 410 g/mol. The SMILES string of the molecule is N#Cc1ccc(N2CC(COc3ccc(CC(=O)O)cc3CC(=O)O)OC2=O)cc1. The van der Waals surface area contributed by atoms with Gasteiger partial charge in [-0.25, -0.2) is 4.79 Å². The number of ether oxygens (including phenoxy) is 2. The summed E-state index contributed by atoms with van der Waals surface area (Å²) >= 11 is 0. The topological polar surface area (TPSA) is 137 Å². The fourth-order valence-electron chi connectivity index (χ4n) is 3.08. The highest BCUT2D eigenvalue weighted by Gasteiger charge is 2.33. The van der Waals surface area contributed by atoms with Crippen LogP contribution >= 0.6 is 0 Å². The number of carboxylic acids is 2. The molecule has 154 valence electrons. The maximum Gasteiger partial charge on any atom is 0.414 e. The number of carboxylic acid groups (broad SMARTS) is 2. The second-order valence-electron chi connectivity index (χ2n) is 6.67. The quantitative estimate of drug-likeness (QED) is 0.676. The Morgan fingerprint density at radius 2 is 1.83 bits per heavy atom. The van der Waals surface area contributed by atoms with Gasteiger partial charge in [0.1, 0.15) is 12.4 Å². The minimum Gasteiger partial charge on any atom is -0.489 e. The molecule has 2 aromatic rings. The molecule has 1 aliphatic rings. The maximum atomic E-state index is 12.2. The van der Waals surface area contributed by atoms with Crippen LogP contribution in [0, 0.1) is 11.3 Å². The molecule has 1 aliphatic heterocycles. The van der Waals surface area contributed by atoms with Gasteiger partial charge in [-0.1, -0.05) is 12.1 Å². The summed E-state index contributed by atoms with van der Waals surface area (Å²) in [7, 11) is 0. The predicted molar refractivity (Wildman–Crippen MR) is 103 cm³/mol. The molecule has 0 aromatic heterocycles. The van der Waals surface area contributed by atoms with Gasteiger partial charge in [-0.3, -0.25) is 14.5 Å². The Balaban J connectivity index is 1.67. The van der Waals surface area contributed by atoms with Crippen molar-refractivity contribution < 1.29 is 34.1 Å². The van der Waals surface area contributed by atoms with Crippen LogP contribution in [0.5, 0.6) is 5.75 Å². The zero-order valence-electron chi connectivity index (χ0n) is 15.8. The molecule has 1 fully saturated rings. The van der Waals surface area contributed by atoms with E-state index in [1.54, 1.807) is 30.3 Å². The summed E-state index contributed by atoms with van der Waals surface area (Å²) in [5.41, 5.74) is 1.87. The van der Waals surface area contributed by atoms with Crippen LogP contribution in [0.2, 0.25) is 0 Å². The molecule has 0 saturated carbocycles. The Labute approximate surface area is 171 Å². The third-order valence-corrected chi connectivity index (χ3v) is 4.43. The molecule has 1 saturated heterocycles. The fourth-order valence-corrected chi connectivity index (χ4v) is 3.08. The van der Waals surface area contributed by atoms with Crippen molar-refractivity contribution in [3.8, 4) is 11.8 Å². The van der Waals surface area contributed by atoms with E-state index in [4.69, 9.17) is 24.9 Å². The van der Waals surface area contributed by atoms with Crippen LogP contribution in [0.1, 0.15) is 16.7 Å². The summed E-state index contributed by atoms with van der Waals surface area (Å²) in [6.45, 7) is 0.236. The predicted octanol–water partition coefficient (Wildman–Crippen LogP) is 2.22. The fraction of sp³-hybridized carbons (Fsp3) is 0.238. The molecule has 2 aromatic carbocycles. The van der Waals surface area contributed by atoms with Crippen molar-refractivity contribution in [2.24, 2.45) is 0 Å². The second kappa shape index (κ2) is 8.96. The summed E-state index contributed by atoms with van der Waals surface area (Å²) in [5.74, 6) is -1.81.